The van der Waals surface area contributed by atoms with Crippen molar-refractivity contribution in [2.45, 2.75) is 24.9 Å². The molecule has 0 saturated heterocycles. The van der Waals surface area contributed by atoms with Gasteiger partial charge in [0.05, 0.1) is 6.54 Å². The number of anilines is 1. The topological polar surface area (TPSA) is 42.4 Å². The van der Waals surface area contributed by atoms with Crippen LogP contribution in [0.2, 0.25) is 0 Å². The average Bonchev–Trinajstić information content (AvgIpc) is 2.82. The van der Waals surface area contributed by atoms with E-state index in [0.29, 0.717) is 6.54 Å². The Bertz CT molecular complexity index is 551. The van der Waals surface area contributed by atoms with Crippen molar-refractivity contribution >= 4 is 17.4 Å². The fourth-order valence-electron chi connectivity index (χ4n) is 2.20. The highest BCUT2D eigenvalue weighted by molar-refractivity contribution is 7.98. The summed E-state index contributed by atoms with van der Waals surface area (Å²) >= 11 is 1.73. The summed E-state index contributed by atoms with van der Waals surface area (Å²) in [5.41, 5.74) is 8.26. The Balaban J connectivity index is 2.25. The van der Waals surface area contributed by atoms with Gasteiger partial charge in [0.1, 0.15) is 11.5 Å². The first-order chi connectivity index (χ1) is 9.15. The number of benzene rings is 1. The highest BCUT2D eigenvalue weighted by atomic mass is 32.2. The van der Waals surface area contributed by atoms with Gasteiger partial charge in [0, 0.05) is 29.7 Å². The van der Waals surface area contributed by atoms with Crippen molar-refractivity contribution < 1.29 is 4.42 Å². The molecular weight excluding hydrogens is 256 g/mol. The van der Waals surface area contributed by atoms with Gasteiger partial charge in [-0.05, 0) is 37.4 Å². The predicted molar refractivity (Wildman–Crippen MR) is 81.7 cm³/mol. The summed E-state index contributed by atoms with van der Waals surface area (Å²) in [6.07, 6.45) is 2.08. The molecule has 0 saturated carbocycles. The van der Waals surface area contributed by atoms with E-state index in [1.807, 2.05) is 19.1 Å². The van der Waals surface area contributed by atoms with Gasteiger partial charge in [-0.3, -0.25) is 0 Å². The van der Waals surface area contributed by atoms with Crippen LogP contribution in [0.3, 0.4) is 0 Å². The number of furan rings is 1. The van der Waals surface area contributed by atoms with Crippen molar-refractivity contribution in [3.05, 3.63) is 47.4 Å². The van der Waals surface area contributed by atoms with Crippen molar-refractivity contribution in [2.24, 2.45) is 5.73 Å². The minimum Gasteiger partial charge on any atom is -0.464 e. The summed E-state index contributed by atoms with van der Waals surface area (Å²) in [6, 6.07) is 10.3. The van der Waals surface area contributed by atoms with E-state index >= 15 is 0 Å². The third-order valence-corrected chi connectivity index (χ3v) is 3.95. The maximum absolute atomic E-state index is 5.90. The van der Waals surface area contributed by atoms with Gasteiger partial charge in [0.2, 0.25) is 0 Å². The molecule has 0 fully saturated rings. The van der Waals surface area contributed by atoms with Crippen molar-refractivity contribution in [3.8, 4) is 0 Å². The quantitative estimate of drug-likeness (QED) is 0.850. The maximum atomic E-state index is 5.90. The zero-order valence-electron chi connectivity index (χ0n) is 11.6. The van der Waals surface area contributed by atoms with Gasteiger partial charge in [-0.15, -0.1) is 11.8 Å². The highest BCUT2D eigenvalue weighted by Crippen LogP contribution is 2.29. The molecule has 0 aliphatic rings. The van der Waals surface area contributed by atoms with Gasteiger partial charge in [0.25, 0.3) is 0 Å². The van der Waals surface area contributed by atoms with Crippen LogP contribution in [-0.4, -0.2) is 13.3 Å². The van der Waals surface area contributed by atoms with E-state index in [4.69, 9.17) is 10.2 Å². The van der Waals surface area contributed by atoms with Crippen LogP contribution in [0.4, 0.5) is 5.69 Å². The highest BCUT2D eigenvalue weighted by Gasteiger charge is 2.11. The average molecular weight is 276 g/mol. The molecule has 0 unspecified atom stereocenters. The van der Waals surface area contributed by atoms with Crippen LogP contribution < -0.4 is 10.6 Å². The molecular formula is C15H20N2OS. The van der Waals surface area contributed by atoms with Crippen LogP contribution in [0.5, 0.6) is 0 Å². The fraction of sp³-hybridized carbons (Fsp3) is 0.333. The summed E-state index contributed by atoms with van der Waals surface area (Å²) in [6.45, 7) is 3.26. The minimum atomic E-state index is 0.549. The number of hydrogen-bond donors (Lipinski definition) is 1. The molecule has 0 radical (unpaired) electrons. The largest absolute Gasteiger partial charge is 0.464 e. The molecule has 2 rings (SSSR count). The Morgan fingerprint density at radius 2 is 2.05 bits per heavy atom. The van der Waals surface area contributed by atoms with Crippen LogP contribution >= 0.6 is 11.8 Å². The lowest BCUT2D eigenvalue weighted by molar-refractivity contribution is 0.481. The van der Waals surface area contributed by atoms with Crippen molar-refractivity contribution in [2.75, 3.05) is 18.2 Å². The molecule has 0 amide bonds. The number of aryl methyl sites for hydroxylation is 1. The summed E-state index contributed by atoms with van der Waals surface area (Å²) in [5.74, 6) is 1.91. The van der Waals surface area contributed by atoms with E-state index in [2.05, 4.69) is 36.4 Å². The van der Waals surface area contributed by atoms with E-state index in [1.54, 1.807) is 11.8 Å². The second kappa shape index (κ2) is 6.17. The lowest BCUT2D eigenvalue weighted by atomic mass is 10.1. The Morgan fingerprint density at radius 3 is 2.63 bits per heavy atom. The summed E-state index contributed by atoms with van der Waals surface area (Å²) < 4.78 is 5.63. The van der Waals surface area contributed by atoms with Gasteiger partial charge >= 0.3 is 0 Å². The maximum Gasteiger partial charge on any atom is 0.123 e. The van der Waals surface area contributed by atoms with Crippen LogP contribution in [0.25, 0.3) is 0 Å². The lowest BCUT2D eigenvalue weighted by Crippen LogP contribution is -2.19. The Labute approximate surface area is 118 Å². The SMILES string of the molecule is CSc1cccc(N(C)Cc2ccc(C)o2)c1CN. The predicted octanol–water partition coefficient (Wildman–Crippen LogP) is 3.41. The van der Waals surface area contributed by atoms with Crippen LogP contribution in [0, 0.1) is 6.92 Å². The Hall–Kier alpha value is -1.39. The molecule has 1 aromatic carbocycles. The number of thioether (sulfide) groups is 1. The van der Waals surface area contributed by atoms with Gasteiger partial charge in [-0.1, -0.05) is 6.07 Å². The van der Waals surface area contributed by atoms with E-state index in [9.17, 15) is 0 Å². The zero-order chi connectivity index (χ0) is 13.8. The summed E-state index contributed by atoms with van der Waals surface area (Å²) in [7, 11) is 2.07. The van der Waals surface area contributed by atoms with Gasteiger partial charge in [-0.2, -0.15) is 0 Å². The van der Waals surface area contributed by atoms with Gasteiger partial charge in [-0.25, -0.2) is 0 Å². The Kier molecular flexibility index (Phi) is 4.56. The first-order valence-electron chi connectivity index (χ1n) is 6.28. The Morgan fingerprint density at radius 1 is 1.26 bits per heavy atom. The van der Waals surface area contributed by atoms with E-state index in [0.717, 1.165) is 18.1 Å². The normalized spacial score (nSPS) is 10.7. The molecule has 19 heavy (non-hydrogen) atoms. The summed E-state index contributed by atoms with van der Waals surface area (Å²) in [5, 5.41) is 0. The van der Waals surface area contributed by atoms with E-state index < -0.39 is 0 Å². The number of hydrogen-bond acceptors (Lipinski definition) is 4. The second-order valence-corrected chi connectivity index (χ2v) is 5.38. The monoisotopic (exact) mass is 276 g/mol. The number of nitrogens with zero attached hydrogens (tertiary/aromatic N) is 1. The molecule has 0 spiro atoms. The molecule has 4 heteroatoms. The van der Waals surface area contributed by atoms with Crippen LogP contribution in [0.1, 0.15) is 17.1 Å². The number of nitrogens with two attached hydrogens (primary N) is 1. The molecule has 2 N–H and O–H groups in total. The second-order valence-electron chi connectivity index (χ2n) is 4.53. The molecule has 102 valence electrons. The van der Waals surface area contributed by atoms with Crippen LogP contribution in [0.15, 0.2) is 39.6 Å². The fourth-order valence-corrected chi connectivity index (χ4v) is 2.85. The van der Waals surface area contributed by atoms with E-state index in [-0.39, 0.29) is 0 Å². The molecule has 0 aliphatic heterocycles. The first kappa shape index (κ1) is 14.0. The molecule has 0 atom stereocenters. The molecule has 0 bridgehead atoms. The smallest absolute Gasteiger partial charge is 0.123 e. The zero-order valence-corrected chi connectivity index (χ0v) is 12.5. The first-order valence-corrected chi connectivity index (χ1v) is 7.50. The molecule has 0 aliphatic carbocycles. The van der Waals surface area contributed by atoms with Crippen molar-refractivity contribution in [3.63, 3.8) is 0 Å². The molecule has 3 nitrogen and oxygen atoms in total. The third-order valence-electron chi connectivity index (χ3n) is 3.13. The van der Waals surface area contributed by atoms with Gasteiger partial charge < -0.3 is 15.1 Å². The van der Waals surface area contributed by atoms with E-state index in [1.165, 1.54) is 16.1 Å². The van der Waals surface area contributed by atoms with Crippen molar-refractivity contribution in [1.82, 2.24) is 0 Å². The third kappa shape index (κ3) is 3.14. The van der Waals surface area contributed by atoms with Crippen LogP contribution in [-0.2, 0) is 13.1 Å². The molecule has 1 aromatic heterocycles. The van der Waals surface area contributed by atoms with Gasteiger partial charge in [0.15, 0.2) is 0 Å². The lowest BCUT2D eigenvalue weighted by Gasteiger charge is -2.22. The number of rotatable bonds is 5. The standard InChI is InChI=1S/C15H20N2OS/c1-11-7-8-12(18-11)10-17(2)14-5-4-6-15(19-3)13(14)9-16/h4-8H,9-10,16H2,1-3H3. The minimum absolute atomic E-state index is 0.549. The molecule has 1 heterocycles. The summed E-state index contributed by atoms with van der Waals surface area (Å²) in [4.78, 5) is 3.42. The van der Waals surface area contributed by atoms with Crippen molar-refractivity contribution in [1.29, 1.82) is 0 Å². The molecule has 2 aromatic rings.